The van der Waals surface area contributed by atoms with Gasteiger partial charge in [-0.25, -0.2) is 4.98 Å². The van der Waals surface area contributed by atoms with Gasteiger partial charge in [0, 0.05) is 17.7 Å². The summed E-state index contributed by atoms with van der Waals surface area (Å²) in [5.74, 6) is -0.0597. The Bertz CT molecular complexity index is 1540. The van der Waals surface area contributed by atoms with Gasteiger partial charge in [-0.15, -0.1) is 0 Å². The second kappa shape index (κ2) is 9.73. The number of oxazole rings is 1. The van der Waals surface area contributed by atoms with Gasteiger partial charge in [-0.2, -0.15) is 0 Å². The molecule has 4 heterocycles. The summed E-state index contributed by atoms with van der Waals surface area (Å²) in [7, 11) is 0. The molecule has 2 unspecified atom stereocenters. The molecule has 4 bridgehead atoms. The molecule has 3 aromatic rings. The number of nitrogens with one attached hydrogen (secondary N) is 3. The van der Waals surface area contributed by atoms with E-state index in [0.717, 1.165) is 22.4 Å². The lowest BCUT2D eigenvalue weighted by Crippen LogP contribution is -2.55. The van der Waals surface area contributed by atoms with Crippen molar-refractivity contribution in [2.75, 3.05) is 5.32 Å². The highest BCUT2D eigenvalue weighted by Gasteiger charge is 2.60. The van der Waals surface area contributed by atoms with Gasteiger partial charge in [0.2, 0.25) is 11.8 Å². The van der Waals surface area contributed by atoms with Crippen molar-refractivity contribution >= 4 is 23.8 Å². The molecule has 2 aromatic carbocycles. The number of hydrogen-bond acceptors (Lipinski definition) is 8. The molecule has 3 aliphatic rings. The molecule has 0 fully saturated rings. The second-order valence-corrected chi connectivity index (χ2v) is 11.4. The largest absolute Gasteiger partial charge is 0.469 e. The van der Waals surface area contributed by atoms with Gasteiger partial charge >= 0.3 is 0 Å². The van der Waals surface area contributed by atoms with Crippen LogP contribution in [0.2, 0.25) is 0 Å². The average molecular weight is 559 g/mol. The molecule has 0 saturated heterocycles. The van der Waals surface area contributed by atoms with Crippen molar-refractivity contribution in [3.05, 3.63) is 76.5 Å². The topological polar surface area (TPSA) is 143 Å². The van der Waals surface area contributed by atoms with E-state index in [1.165, 1.54) is 0 Å². The highest BCUT2D eigenvalue weighted by atomic mass is 16.5. The van der Waals surface area contributed by atoms with Gasteiger partial charge in [0.25, 0.3) is 5.91 Å². The number of benzene rings is 2. The summed E-state index contributed by atoms with van der Waals surface area (Å²) < 4.78 is 12.9. The Balaban J connectivity index is 1.57. The molecule has 4 atom stereocenters. The third-order valence-electron chi connectivity index (χ3n) is 8.77. The predicted molar refractivity (Wildman–Crippen MR) is 150 cm³/mol. The quantitative estimate of drug-likeness (QED) is 0.337. The Morgan fingerprint density at radius 3 is 2.66 bits per heavy atom. The maximum Gasteiger partial charge on any atom is 0.252 e. The monoisotopic (exact) mass is 558 g/mol. The van der Waals surface area contributed by atoms with E-state index in [9.17, 15) is 19.5 Å². The van der Waals surface area contributed by atoms with E-state index in [4.69, 9.17) is 9.15 Å². The Morgan fingerprint density at radius 1 is 1.20 bits per heavy atom. The van der Waals surface area contributed by atoms with Crippen molar-refractivity contribution < 1.29 is 28.6 Å². The summed E-state index contributed by atoms with van der Waals surface area (Å²) in [4.78, 5) is 44.0. The molecule has 41 heavy (non-hydrogen) atoms. The number of aromatic nitrogens is 1. The van der Waals surface area contributed by atoms with Crippen LogP contribution in [0.5, 0.6) is 5.75 Å². The average Bonchev–Trinajstić information content (AvgIpc) is 3.63. The van der Waals surface area contributed by atoms with E-state index < -0.39 is 41.1 Å². The third kappa shape index (κ3) is 3.95. The van der Waals surface area contributed by atoms with E-state index in [1.807, 2.05) is 56.3 Å². The van der Waals surface area contributed by atoms with Crippen LogP contribution in [0, 0.1) is 5.92 Å². The molecule has 1 spiro atoms. The molecule has 1 aromatic heterocycles. The first-order valence-electron chi connectivity index (χ1n) is 14.1. The number of carbonyl (C=O) groups excluding carboxylic acids is 3. The van der Waals surface area contributed by atoms with Crippen LogP contribution in [0.1, 0.15) is 85.4 Å². The number of amides is 2. The van der Waals surface area contributed by atoms with E-state index >= 15 is 0 Å². The lowest BCUT2D eigenvalue weighted by atomic mass is 9.72. The number of hydrogen-bond donors (Lipinski definition) is 4. The lowest BCUT2D eigenvalue weighted by molar-refractivity contribution is -0.143. The van der Waals surface area contributed by atoms with Crippen molar-refractivity contribution in [2.45, 2.75) is 76.3 Å². The zero-order chi connectivity index (χ0) is 29.1. The summed E-state index contributed by atoms with van der Waals surface area (Å²) in [6, 6.07) is 11.7. The number of carbonyl (C=O) groups is 3. The van der Waals surface area contributed by atoms with Gasteiger partial charge in [0.15, 0.2) is 18.3 Å². The van der Waals surface area contributed by atoms with E-state index in [1.54, 1.807) is 13.8 Å². The molecule has 0 saturated carbocycles. The number of para-hydroxylation sites is 1. The van der Waals surface area contributed by atoms with Crippen LogP contribution in [0.4, 0.5) is 5.69 Å². The fraction of sp³-hybridized carbons (Fsp3) is 0.419. The van der Waals surface area contributed by atoms with Crippen LogP contribution in [0.25, 0.3) is 0 Å². The van der Waals surface area contributed by atoms with Crippen molar-refractivity contribution in [1.29, 1.82) is 0 Å². The van der Waals surface area contributed by atoms with Crippen LogP contribution in [0.3, 0.4) is 0 Å². The van der Waals surface area contributed by atoms with E-state index in [-0.39, 0.29) is 36.8 Å². The molecular weight excluding hydrogens is 524 g/mol. The molecule has 214 valence electrons. The lowest BCUT2D eigenvalue weighted by Gasteiger charge is -2.30. The van der Waals surface area contributed by atoms with Gasteiger partial charge in [0.1, 0.15) is 34.5 Å². The first-order valence-corrected chi connectivity index (χ1v) is 14.1. The fourth-order valence-electron chi connectivity index (χ4n) is 6.27. The third-order valence-corrected chi connectivity index (χ3v) is 8.77. The normalized spacial score (nSPS) is 24.2. The molecule has 3 aliphatic heterocycles. The van der Waals surface area contributed by atoms with Crippen LogP contribution >= 0.6 is 0 Å². The number of aldehydes is 1. The minimum Gasteiger partial charge on any atom is -0.469 e. The highest BCUT2D eigenvalue weighted by molar-refractivity contribution is 5.91. The zero-order valence-corrected chi connectivity index (χ0v) is 23.5. The number of ether oxygens (including phenoxy) is 1. The standard InChI is InChI=1S/C31H34N4O6/c1-5-30(39,6-2)28(38)33-21-14-17-11-12-23-19(13-17)31(18-9-7-8-10-20(18)34-29(31)40-23)25-22(15-36)32-27(41-25)24(16(3)4)35-26(21)37/h7-13,15-16,21,24,29,34,39H,5-6,14H2,1-4H3,(H,33,38)(H,35,37)/t21-,24-,29?,31?/m0/s1. The number of fused-ring (bicyclic) bond motifs is 4. The summed E-state index contributed by atoms with van der Waals surface area (Å²) in [5, 5.41) is 20.1. The van der Waals surface area contributed by atoms with Crippen LogP contribution < -0.4 is 20.7 Å². The maximum absolute atomic E-state index is 13.8. The SMILES string of the molecule is CCC(O)(CC)C(=O)N[C@H]1Cc2ccc3c(c2)C2(c4ccccc4NC2O3)c2oc(nc2C=O)[C@H](C(C)C)NC1=O. The van der Waals surface area contributed by atoms with Gasteiger partial charge in [-0.1, -0.05) is 58.0 Å². The number of aliphatic hydroxyl groups is 1. The summed E-state index contributed by atoms with van der Waals surface area (Å²) in [6.45, 7) is 7.28. The molecule has 4 N–H and O–H groups in total. The van der Waals surface area contributed by atoms with Crippen molar-refractivity contribution in [3.8, 4) is 5.75 Å². The van der Waals surface area contributed by atoms with Crippen LogP contribution in [-0.4, -0.2) is 46.1 Å². The summed E-state index contributed by atoms with van der Waals surface area (Å²) >= 11 is 0. The van der Waals surface area contributed by atoms with Crippen molar-refractivity contribution in [2.24, 2.45) is 5.92 Å². The maximum atomic E-state index is 13.8. The molecule has 0 aliphatic carbocycles. The predicted octanol–water partition coefficient (Wildman–Crippen LogP) is 3.37. The molecule has 10 nitrogen and oxygen atoms in total. The van der Waals surface area contributed by atoms with Gasteiger partial charge in [-0.3, -0.25) is 14.4 Å². The van der Waals surface area contributed by atoms with Crippen LogP contribution in [-0.2, 0) is 21.4 Å². The number of anilines is 1. The second-order valence-electron chi connectivity index (χ2n) is 11.4. The van der Waals surface area contributed by atoms with Crippen LogP contribution in [0.15, 0.2) is 46.9 Å². The van der Waals surface area contributed by atoms with E-state index in [2.05, 4.69) is 20.9 Å². The number of nitrogens with zero attached hydrogens (tertiary/aromatic N) is 1. The van der Waals surface area contributed by atoms with Gasteiger partial charge in [0.05, 0.1) is 0 Å². The molecule has 6 rings (SSSR count). The summed E-state index contributed by atoms with van der Waals surface area (Å²) in [6.07, 6.45) is 0.660. The first-order chi connectivity index (χ1) is 19.7. The zero-order valence-electron chi connectivity index (χ0n) is 23.5. The smallest absolute Gasteiger partial charge is 0.252 e. The van der Waals surface area contributed by atoms with E-state index in [0.29, 0.717) is 17.8 Å². The Kier molecular flexibility index (Phi) is 6.41. The van der Waals surface area contributed by atoms with Gasteiger partial charge in [-0.05, 0) is 42.0 Å². The molecular formula is C31H34N4O6. The van der Waals surface area contributed by atoms with Crippen molar-refractivity contribution in [1.82, 2.24) is 15.6 Å². The van der Waals surface area contributed by atoms with Gasteiger partial charge < -0.3 is 30.2 Å². The fourth-order valence-corrected chi connectivity index (χ4v) is 6.27. The summed E-state index contributed by atoms with van der Waals surface area (Å²) in [5.41, 5.74) is 0.794. The highest BCUT2D eigenvalue weighted by Crippen LogP contribution is 2.58. The number of rotatable bonds is 6. The molecule has 2 amide bonds. The minimum absolute atomic E-state index is 0.130. The van der Waals surface area contributed by atoms with Crippen molar-refractivity contribution in [3.63, 3.8) is 0 Å². The minimum atomic E-state index is -1.60. The Labute approximate surface area is 237 Å². The Hall–Kier alpha value is -4.18. The molecule has 0 radical (unpaired) electrons. The first kappa shape index (κ1) is 27.0. The molecule has 10 heteroatoms. The Morgan fingerprint density at radius 2 is 1.95 bits per heavy atom.